The van der Waals surface area contributed by atoms with Gasteiger partial charge in [0.1, 0.15) is 5.69 Å². The Hall–Kier alpha value is -1.30. The number of aryl methyl sites for hydroxylation is 1. The Morgan fingerprint density at radius 1 is 1.60 bits per heavy atom. The van der Waals surface area contributed by atoms with Gasteiger partial charge in [0, 0.05) is 6.20 Å². The molecule has 0 radical (unpaired) electrons. The maximum Gasteiger partial charge on any atom is 0.268 e. The lowest BCUT2D eigenvalue weighted by molar-refractivity contribution is 0.359. The molecule has 1 N–H and O–H groups in total. The summed E-state index contributed by atoms with van der Waals surface area (Å²) < 4.78 is 30.1. The summed E-state index contributed by atoms with van der Waals surface area (Å²) >= 11 is 0. The van der Waals surface area contributed by atoms with Crippen molar-refractivity contribution in [2.24, 2.45) is 0 Å². The van der Waals surface area contributed by atoms with E-state index in [1.165, 1.54) is 0 Å². The Labute approximate surface area is 88.5 Å². The zero-order chi connectivity index (χ0) is 11.1. The average molecular weight is 228 g/mol. The first-order chi connectivity index (χ1) is 7.03. The van der Waals surface area contributed by atoms with Crippen molar-refractivity contribution in [1.29, 1.82) is 0 Å². The van der Waals surface area contributed by atoms with E-state index in [0.29, 0.717) is 11.6 Å². The Kier molecular flexibility index (Phi) is 2.30. The number of hydrogen-bond acceptors (Lipinski definition) is 4. The van der Waals surface area contributed by atoms with Crippen molar-refractivity contribution in [3.05, 3.63) is 17.3 Å². The topological polar surface area (TPSA) is 68.3 Å². The first-order valence-electron chi connectivity index (χ1n) is 4.65. The minimum absolute atomic E-state index is 0.361. The van der Waals surface area contributed by atoms with Gasteiger partial charge in [0.25, 0.3) is 10.0 Å². The monoisotopic (exact) mass is 228 g/mol. The van der Waals surface area contributed by atoms with Crippen LogP contribution in [0.5, 0.6) is 5.88 Å². The smallest absolute Gasteiger partial charge is 0.268 e. The number of rotatable bonds is 1. The van der Waals surface area contributed by atoms with Gasteiger partial charge in [-0.3, -0.25) is 4.72 Å². The molecule has 0 bridgehead atoms. The second-order valence-electron chi connectivity index (χ2n) is 3.42. The van der Waals surface area contributed by atoms with Crippen molar-refractivity contribution in [1.82, 2.24) is 4.98 Å². The van der Waals surface area contributed by atoms with Crippen LogP contribution < -0.4 is 9.46 Å². The molecule has 15 heavy (non-hydrogen) atoms. The molecule has 82 valence electrons. The molecule has 2 rings (SSSR count). The minimum Gasteiger partial charge on any atom is -0.458 e. The highest BCUT2D eigenvalue weighted by Gasteiger charge is 2.24. The zero-order valence-corrected chi connectivity index (χ0v) is 9.39. The Balaban J connectivity index is 2.56. The molecule has 0 saturated carbocycles. The molecule has 1 aliphatic rings. The molecule has 2 heterocycles. The van der Waals surface area contributed by atoms with E-state index in [1.54, 1.807) is 6.20 Å². The molecule has 0 aliphatic carbocycles. The molecule has 1 aliphatic heterocycles. The second-order valence-corrected chi connectivity index (χ2v) is 5.09. The maximum atomic E-state index is 11.3. The molecule has 1 aromatic heterocycles. The SMILES string of the molecule is CCc1cnc2c(c1C)NS(=O)(=O)CO2. The van der Waals surface area contributed by atoms with Gasteiger partial charge in [0.2, 0.25) is 11.8 Å². The van der Waals surface area contributed by atoms with E-state index in [9.17, 15) is 8.42 Å². The van der Waals surface area contributed by atoms with Crippen LogP contribution in [0.1, 0.15) is 18.1 Å². The number of ether oxygens (including phenoxy) is 1. The number of nitrogens with one attached hydrogen (secondary N) is 1. The summed E-state index contributed by atoms with van der Waals surface area (Å²) in [6.45, 7) is 3.85. The standard InChI is InChI=1S/C9H12N2O3S/c1-3-7-4-10-9-8(6(7)2)11-15(12,13)5-14-9/h4,11H,3,5H2,1-2H3. The van der Waals surface area contributed by atoms with E-state index in [2.05, 4.69) is 9.71 Å². The number of aromatic nitrogens is 1. The fourth-order valence-corrected chi connectivity index (χ4v) is 2.40. The lowest BCUT2D eigenvalue weighted by Crippen LogP contribution is -2.27. The van der Waals surface area contributed by atoms with Crippen LogP contribution in [0.4, 0.5) is 5.69 Å². The number of anilines is 1. The summed E-state index contributed by atoms with van der Waals surface area (Å²) in [4.78, 5) is 4.07. The quantitative estimate of drug-likeness (QED) is 0.780. The van der Waals surface area contributed by atoms with Gasteiger partial charge in [-0.05, 0) is 24.5 Å². The van der Waals surface area contributed by atoms with Gasteiger partial charge in [-0.2, -0.15) is 0 Å². The van der Waals surface area contributed by atoms with E-state index in [0.717, 1.165) is 17.5 Å². The largest absolute Gasteiger partial charge is 0.458 e. The first-order valence-corrected chi connectivity index (χ1v) is 6.30. The fraction of sp³-hybridized carbons (Fsp3) is 0.444. The van der Waals surface area contributed by atoms with Gasteiger partial charge < -0.3 is 4.74 Å². The van der Waals surface area contributed by atoms with Gasteiger partial charge in [0.05, 0.1) is 0 Å². The van der Waals surface area contributed by atoms with Crippen molar-refractivity contribution >= 4 is 15.7 Å². The zero-order valence-electron chi connectivity index (χ0n) is 8.57. The van der Waals surface area contributed by atoms with E-state index in [1.807, 2.05) is 13.8 Å². The van der Waals surface area contributed by atoms with Crippen molar-refractivity contribution in [3.8, 4) is 5.88 Å². The first kappa shape index (κ1) is 10.2. The Morgan fingerprint density at radius 2 is 2.33 bits per heavy atom. The van der Waals surface area contributed by atoms with Crippen molar-refractivity contribution in [2.45, 2.75) is 20.3 Å². The van der Waals surface area contributed by atoms with Crippen LogP contribution in [0.3, 0.4) is 0 Å². The molecule has 0 atom stereocenters. The molecule has 5 nitrogen and oxygen atoms in total. The molecule has 0 saturated heterocycles. The number of fused-ring (bicyclic) bond motifs is 1. The second kappa shape index (κ2) is 3.37. The van der Waals surface area contributed by atoms with Crippen LogP contribution >= 0.6 is 0 Å². The van der Waals surface area contributed by atoms with Crippen molar-refractivity contribution < 1.29 is 13.2 Å². The Bertz CT molecular complexity index is 496. The van der Waals surface area contributed by atoms with E-state index < -0.39 is 10.0 Å². The number of sulfonamides is 1. The third-order valence-corrected chi connectivity index (χ3v) is 3.34. The third-order valence-electron chi connectivity index (χ3n) is 2.40. The van der Waals surface area contributed by atoms with Crippen LogP contribution in [0.25, 0.3) is 0 Å². The molecule has 0 amide bonds. The molecular weight excluding hydrogens is 216 g/mol. The number of hydrogen-bond donors (Lipinski definition) is 1. The highest BCUT2D eigenvalue weighted by molar-refractivity contribution is 7.92. The molecule has 0 aromatic carbocycles. The normalized spacial score (nSPS) is 17.5. The fourth-order valence-electron chi connectivity index (χ4n) is 1.52. The molecule has 1 aromatic rings. The highest BCUT2D eigenvalue weighted by atomic mass is 32.2. The van der Waals surface area contributed by atoms with Crippen molar-refractivity contribution in [2.75, 3.05) is 10.7 Å². The van der Waals surface area contributed by atoms with Crippen molar-refractivity contribution in [3.63, 3.8) is 0 Å². The van der Waals surface area contributed by atoms with Gasteiger partial charge in [-0.25, -0.2) is 13.4 Å². The molecular formula is C9H12N2O3S. The van der Waals surface area contributed by atoms with Gasteiger partial charge >= 0.3 is 0 Å². The predicted octanol–water partition coefficient (Wildman–Crippen LogP) is 1.04. The van der Waals surface area contributed by atoms with Crippen LogP contribution in [0.15, 0.2) is 6.20 Å². The molecule has 0 spiro atoms. The third kappa shape index (κ3) is 1.77. The van der Waals surface area contributed by atoms with Crippen LogP contribution in [0, 0.1) is 6.92 Å². The Morgan fingerprint density at radius 3 is 3.00 bits per heavy atom. The van der Waals surface area contributed by atoms with Gasteiger partial charge in [-0.15, -0.1) is 0 Å². The van der Waals surface area contributed by atoms with E-state index >= 15 is 0 Å². The summed E-state index contributed by atoms with van der Waals surface area (Å²) in [5.74, 6) is -0.00251. The molecule has 0 fully saturated rings. The van der Waals surface area contributed by atoms with Crippen LogP contribution in [-0.4, -0.2) is 19.3 Å². The summed E-state index contributed by atoms with van der Waals surface area (Å²) in [5, 5.41) is 0. The van der Waals surface area contributed by atoms with Crippen LogP contribution in [-0.2, 0) is 16.4 Å². The van der Waals surface area contributed by atoms with Crippen LogP contribution in [0.2, 0.25) is 0 Å². The maximum absolute atomic E-state index is 11.3. The van der Waals surface area contributed by atoms with Gasteiger partial charge in [-0.1, -0.05) is 6.92 Å². The van der Waals surface area contributed by atoms with E-state index in [4.69, 9.17) is 4.74 Å². The minimum atomic E-state index is -3.36. The average Bonchev–Trinajstić information content (AvgIpc) is 2.19. The molecule has 0 unspecified atom stereocenters. The highest BCUT2D eigenvalue weighted by Crippen LogP contribution is 2.32. The summed E-state index contributed by atoms with van der Waals surface area (Å²) in [6, 6.07) is 0. The molecule has 6 heteroatoms. The van der Waals surface area contributed by atoms with E-state index in [-0.39, 0.29) is 5.94 Å². The number of pyridine rings is 1. The van der Waals surface area contributed by atoms with Gasteiger partial charge in [0.15, 0.2) is 0 Å². The summed E-state index contributed by atoms with van der Waals surface area (Å²) in [5.41, 5.74) is 2.37. The summed E-state index contributed by atoms with van der Waals surface area (Å²) in [7, 11) is -3.36. The summed E-state index contributed by atoms with van der Waals surface area (Å²) in [6.07, 6.45) is 2.53. The number of nitrogens with zero attached hydrogens (tertiary/aromatic N) is 1. The lowest BCUT2D eigenvalue weighted by atomic mass is 10.1. The lowest BCUT2D eigenvalue weighted by Gasteiger charge is -2.20. The predicted molar refractivity (Wildman–Crippen MR) is 56.4 cm³/mol.